The predicted octanol–water partition coefficient (Wildman–Crippen LogP) is -0.285. The van der Waals surface area contributed by atoms with Gasteiger partial charge in [-0.3, -0.25) is 4.79 Å². The van der Waals surface area contributed by atoms with Crippen molar-refractivity contribution in [1.29, 1.82) is 0 Å². The molecule has 0 bridgehead atoms. The van der Waals surface area contributed by atoms with Gasteiger partial charge in [0.2, 0.25) is 5.82 Å². The van der Waals surface area contributed by atoms with Crippen molar-refractivity contribution < 1.29 is 9.18 Å². The summed E-state index contributed by atoms with van der Waals surface area (Å²) in [6, 6.07) is 0. The van der Waals surface area contributed by atoms with Crippen LogP contribution in [0.15, 0.2) is 12.4 Å². The molecule has 1 aromatic heterocycles. The molecule has 0 atom stereocenters. The highest BCUT2D eigenvalue weighted by molar-refractivity contribution is 5.88. The van der Waals surface area contributed by atoms with Crippen LogP contribution in [0, 0.1) is 5.82 Å². The Hall–Kier alpha value is -1.52. The standard InChI is InChI=1S/C5H4FN3O/c6-3-1-8-5(4(7)10)9-2-3/h1-2H,(H2,7,10). The average Bonchev–Trinajstić information content (AvgIpc) is 1.88. The lowest BCUT2D eigenvalue weighted by atomic mass is 10.5. The predicted molar refractivity (Wildman–Crippen MR) is 30.5 cm³/mol. The molecule has 0 radical (unpaired) electrons. The van der Waals surface area contributed by atoms with Gasteiger partial charge in [0.15, 0.2) is 5.82 Å². The summed E-state index contributed by atoms with van der Waals surface area (Å²) < 4.78 is 12.1. The number of hydrogen-bond donors (Lipinski definition) is 1. The van der Waals surface area contributed by atoms with Crippen LogP contribution in [0.3, 0.4) is 0 Å². The molecule has 0 aromatic carbocycles. The quantitative estimate of drug-likeness (QED) is 0.584. The Morgan fingerprint density at radius 3 is 2.40 bits per heavy atom. The van der Waals surface area contributed by atoms with Crippen LogP contribution in [0.25, 0.3) is 0 Å². The Morgan fingerprint density at radius 1 is 1.50 bits per heavy atom. The van der Waals surface area contributed by atoms with Crippen LogP contribution in [-0.4, -0.2) is 15.9 Å². The zero-order valence-corrected chi connectivity index (χ0v) is 4.91. The molecule has 2 N–H and O–H groups in total. The van der Waals surface area contributed by atoms with E-state index in [1.807, 2.05) is 0 Å². The van der Waals surface area contributed by atoms with Crippen molar-refractivity contribution in [3.05, 3.63) is 24.0 Å². The highest BCUT2D eigenvalue weighted by atomic mass is 19.1. The fraction of sp³-hybridized carbons (Fsp3) is 0. The van der Waals surface area contributed by atoms with Crippen LogP contribution in [0.2, 0.25) is 0 Å². The van der Waals surface area contributed by atoms with Gasteiger partial charge in [-0.1, -0.05) is 0 Å². The molecule has 1 heterocycles. The van der Waals surface area contributed by atoms with Gasteiger partial charge < -0.3 is 5.73 Å². The molecule has 1 rings (SSSR count). The first-order valence-electron chi connectivity index (χ1n) is 2.47. The van der Waals surface area contributed by atoms with Gasteiger partial charge in [0.25, 0.3) is 5.91 Å². The van der Waals surface area contributed by atoms with Gasteiger partial charge in [0.05, 0.1) is 12.4 Å². The van der Waals surface area contributed by atoms with Crippen LogP contribution in [0.1, 0.15) is 10.6 Å². The van der Waals surface area contributed by atoms with Gasteiger partial charge in [0.1, 0.15) is 0 Å². The van der Waals surface area contributed by atoms with Gasteiger partial charge in [0, 0.05) is 0 Å². The van der Waals surface area contributed by atoms with Crippen LogP contribution >= 0.6 is 0 Å². The summed E-state index contributed by atoms with van der Waals surface area (Å²) in [5, 5.41) is 0. The number of carbonyl (C=O) groups is 1. The Bertz CT molecular complexity index is 246. The molecule has 0 aliphatic rings. The number of carbonyl (C=O) groups excluding carboxylic acids is 1. The third kappa shape index (κ3) is 1.25. The highest BCUT2D eigenvalue weighted by Crippen LogP contribution is 1.90. The van der Waals surface area contributed by atoms with Crippen molar-refractivity contribution in [3.63, 3.8) is 0 Å². The number of amides is 1. The Labute approximate surface area is 55.9 Å². The fourth-order valence-electron chi connectivity index (χ4n) is 0.440. The van der Waals surface area contributed by atoms with E-state index in [2.05, 4.69) is 9.97 Å². The summed E-state index contributed by atoms with van der Waals surface area (Å²) in [6.07, 6.45) is 1.76. The van der Waals surface area contributed by atoms with Gasteiger partial charge in [-0.2, -0.15) is 0 Å². The van der Waals surface area contributed by atoms with Gasteiger partial charge in [-0.25, -0.2) is 14.4 Å². The topological polar surface area (TPSA) is 68.9 Å². The molecule has 0 aliphatic carbocycles. The molecule has 0 aliphatic heterocycles. The van der Waals surface area contributed by atoms with Crippen molar-refractivity contribution >= 4 is 5.91 Å². The molecule has 1 aromatic rings. The maximum absolute atomic E-state index is 12.1. The second-order valence-corrected chi connectivity index (χ2v) is 1.59. The van der Waals surface area contributed by atoms with Gasteiger partial charge in [-0.05, 0) is 0 Å². The normalized spacial score (nSPS) is 9.30. The zero-order valence-electron chi connectivity index (χ0n) is 4.91. The maximum Gasteiger partial charge on any atom is 0.286 e. The maximum atomic E-state index is 12.1. The fourth-order valence-corrected chi connectivity index (χ4v) is 0.440. The summed E-state index contributed by atoms with van der Waals surface area (Å²) in [5.74, 6) is -1.54. The van der Waals surface area contributed by atoms with E-state index in [-0.39, 0.29) is 5.82 Å². The van der Waals surface area contributed by atoms with Crippen molar-refractivity contribution in [2.75, 3.05) is 0 Å². The molecule has 10 heavy (non-hydrogen) atoms. The van der Waals surface area contributed by atoms with Crippen LogP contribution in [-0.2, 0) is 0 Å². The van der Waals surface area contributed by atoms with Crippen LogP contribution in [0.5, 0.6) is 0 Å². The number of primary amides is 1. The number of halogens is 1. The number of aromatic nitrogens is 2. The van der Waals surface area contributed by atoms with E-state index in [1.54, 1.807) is 0 Å². The Balaban J connectivity index is 3.00. The summed E-state index contributed by atoms with van der Waals surface area (Å²) >= 11 is 0. The van der Waals surface area contributed by atoms with Gasteiger partial charge in [-0.15, -0.1) is 0 Å². The van der Waals surface area contributed by atoms with Gasteiger partial charge >= 0.3 is 0 Å². The first-order valence-corrected chi connectivity index (χ1v) is 2.47. The number of nitrogens with zero attached hydrogens (tertiary/aromatic N) is 2. The van der Waals surface area contributed by atoms with E-state index in [9.17, 15) is 9.18 Å². The van der Waals surface area contributed by atoms with E-state index in [1.165, 1.54) is 0 Å². The van der Waals surface area contributed by atoms with Crippen LogP contribution < -0.4 is 5.73 Å². The SMILES string of the molecule is NC(=O)c1ncc(F)cn1. The first kappa shape index (κ1) is 6.60. The summed E-state index contributed by atoms with van der Waals surface area (Å²) in [5.41, 5.74) is 4.78. The molecule has 52 valence electrons. The summed E-state index contributed by atoms with van der Waals surface area (Å²) in [4.78, 5) is 16.9. The van der Waals surface area contributed by atoms with Crippen molar-refractivity contribution in [2.45, 2.75) is 0 Å². The molecule has 0 saturated heterocycles. The number of rotatable bonds is 1. The lowest BCUT2D eigenvalue weighted by Gasteiger charge is -1.89. The third-order valence-corrected chi connectivity index (χ3v) is 0.841. The van der Waals surface area contributed by atoms with E-state index in [4.69, 9.17) is 5.73 Å². The molecular weight excluding hydrogens is 137 g/mol. The molecule has 0 spiro atoms. The van der Waals surface area contributed by atoms with Crippen LogP contribution in [0.4, 0.5) is 4.39 Å². The minimum Gasteiger partial charge on any atom is -0.363 e. The minimum atomic E-state index is -0.764. The van der Waals surface area contributed by atoms with E-state index >= 15 is 0 Å². The van der Waals surface area contributed by atoms with Crippen molar-refractivity contribution in [3.8, 4) is 0 Å². The average molecular weight is 141 g/mol. The lowest BCUT2D eigenvalue weighted by molar-refractivity contribution is 0.0990. The molecule has 0 unspecified atom stereocenters. The smallest absolute Gasteiger partial charge is 0.286 e. The second kappa shape index (κ2) is 2.38. The Kier molecular flexibility index (Phi) is 1.57. The number of hydrogen-bond acceptors (Lipinski definition) is 3. The molecule has 1 amide bonds. The molecule has 4 nitrogen and oxygen atoms in total. The highest BCUT2D eigenvalue weighted by Gasteiger charge is 2.01. The van der Waals surface area contributed by atoms with E-state index in [0.717, 1.165) is 12.4 Å². The van der Waals surface area contributed by atoms with E-state index < -0.39 is 11.7 Å². The number of nitrogens with two attached hydrogens (primary N) is 1. The lowest BCUT2D eigenvalue weighted by Crippen LogP contribution is -2.14. The largest absolute Gasteiger partial charge is 0.363 e. The monoisotopic (exact) mass is 141 g/mol. The molecule has 5 heteroatoms. The molecular formula is C5H4FN3O. The Morgan fingerprint density at radius 2 is 2.00 bits per heavy atom. The van der Waals surface area contributed by atoms with Crippen molar-refractivity contribution in [2.24, 2.45) is 5.73 Å². The summed E-state index contributed by atoms with van der Waals surface area (Å²) in [6.45, 7) is 0. The minimum absolute atomic E-state index is 0.179. The molecule has 0 saturated carbocycles. The van der Waals surface area contributed by atoms with E-state index in [0.29, 0.717) is 0 Å². The third-order valence-electron chi connectivity index (χ3n) is 0.841. The molecule has 0 fully saturated rings. The van der Waals surface area contributed by atoms with Crippen molar-refractivity contribution in [1.82, 2.24) is 9.97 Å². The first-order chi connectivity index (χ1) is 4.70. The zero-order chi connectivity index (χ0) is 7.56. The second-order valence-electron chi connectivity index (χ2n) is 1.59. The summed E-state index contributed by atoms with van der Waals surface area (Å²) in [7, 11) is 0.